The van der Waals surface area contributed by atoms with E-state index in [2.05, 4.69) is 6.07 Å². The Morgan fingerprint density at radius 3 is 2.61 bits per heavy atom. The minimum absolute atomic E-state index is 0.107. The van der Waals surface area contributed by atoms with E-state index in [1.165, 1.54) is 0 Å². The Bertz CT molecular complexity index is 428. The molecule has 98 valence electrons. The smallest absolute Gasteiger partial charge is 0.410 e. The molecule has 0 spiro atoms. The summed E-state index contributed by atoms with van der Waals surface area (Å²) in [5.41, 5.74) is -0.545. The summed E-state index contributed by atoms with van der Waals surface area (Å²) in [5, 5.41) is 9.28. The van der Waals surface area contributed by atoms with Crippen LogP contribution in [0.1, 0.15) is 40.0 Å². The van der Waals surface area contributed by atoms with Gasteiger partial charge < -0.3 is 9.64 Å². The van der Waals surface area contributed by atoms with Crippen LogP contribution in [0.25, 0.3) is 0 Å². The quantitative estimate of drug-likeness (QED) is 0.716. The van der Waals surface area contributed by atoms with Crippen LogP contribution in [0.15, 0.2) is 0 Å². The topological polar surface area (TPSA) is 53.3 Å². The summed E-state index contributed by atoms with van der Waals surface area (Å²) in [5.74, 6) is 0.944. The normalized spacial score (nSPS) is 35.7. The summed E-state index contributed by atoms with van der Waals surface area (Å²) < 4.78 is 5.44. The number of amides is 1. The lowest BCUT2D eigenvalue weighted by atomic mass is 9.65. The van der Waals surface area contributed by atoms with Crippen LogP contribution in [0.5, 0.6) is 0 Å². The van der Waals surface area contributed by atoms with Gasteiger partial charge in [-0.1, -0.05) is 0 Å². The molecule has 4 fully saturated rings. The second-order valence-corrected chi connectivity index (χ2v) is 6.99. The molecule has 2 bridgehead atoms. The van der Waals surface area contributed by atoms with Gasteiger partial charge in [-0.2, -0.15) is 5.26 Å². The molecule has 4 nitrogen and oxygen atoms in total. The Hall–Kier alpha value is -1.24. The number of carbonyl (C=O) groups excluding carboxylic acids is 1. The van der Waals surface area contributed by atoms with Crippen LogP contribution in [0.3, 0.4) is 0 Å². The van der Waals surface area contributed by atoms with Gasteiger partial charge in [0.25, 0.3) is 0 Å². The van der Waals surface area contributed by atoms with Crippen LogP contribution >= 0.6 is 0 Å². The van der Waals surface area contributed by atoms with Gasteiger partial charge in [0.05, 0.1) is 11.5 Å². The first-order valence-corrected chi connectivity index (χ1v) is 6.77. The van der Waals surface area contributed by atoms with Gasteiger partial charge in [0, 0.05) is 18.5 Å². The van der Waals surface area contributed by atoms with Gasteiger partial charge in [0.2, 0.25) is 0 Å². The van der Waals surface area contributed by atoms with E-state index in [4.69, 9.17) is 4.74 Å². The third kappa shape index (κ3) is 1.60. The Morgan fingerprint density at radius 1 is 1.44 bits per heavy atom. The fraction of sp³-hybridized carbons (Fsp3) is 0.857. The van der Waals surface area contributed by atoms with Crippen molar-refractivity contribution >= 4 is 6.09 Å². The van der Waals surface area contributed by atoms with Crippen molar-refractivity contribution in [2.24, 2.45) is 17.3 Å². The molecule has 2 aliphatic heterocycles. The lowest BCUT2D eigenvalue weighted by molar-refractivity contribution is 0.0166. The molecule has 2 saturated carbocycles. The van der Waals surface area contributed by atoms with E-state index in [-0.39, 0.29) is 17.6 Å². The highest BCUT2D eigenvalue weighted by Gasteiger charge is 2.66. The molecule has 2 heterocycles. The van der Waals surface area contributed by atoms with Crippen LogP contribution in [0, 0.1) is 28.6 Å². The number of ether oxygens (including phenoxy) is 1. The number of nitriles is 1. The molecule has 0 aromatic heterocycles. The molecule has 2 aliphatic carbocycles. The van der Waals surface area contributed by atoms with E-state index in [1.807, 2.05) is 25.7 Å². The molecule has 1 unspecified atom stereocenters. The van der Waals surface area contributed by atoms with Gasteiger partial charge in [-0.15, -0.1) is 0 Å². The minimum Gasteiger partial charge on any atom is -0.444 e. The Morgan fingerprint density at radius 2 is 2.11 bits per heavy atom. The predicted molar refractivity (Wildman–Crippen MR) is 65.6 cm³/mol. The fourth-order valence-corrected chi connectivity index (χ4v) is 3.62. The van der Waals surface area contributed by atoms with Crippen molar-refractivity contribution < 1.29 is 9.53 Å². The van der Waals surface area contributed by atoms with Crippen molar-refractivity contribution in [2.75, 3.05) is 6.54 Å². The van der Waals surface area contributed by atoms with Gasteiger partial charge >= 0.3 is 6.09 Å². The first kappa shape index (κ1) is 11.8. The number of nitrogens with zero attached hydrogens (tertiary/aromatic N) is 2. The van der Waals surface area contributed by atoms with Gasteiger partial charge in [-0.05, 0) is 46.0 Å². The van der Waals surface area contributed by atoms with Gasteiger partial charge in [0.15, 0.2) is 0 Å². The first-order chi connectivity index (χ1) is 8.36. The van der Waals surface area contributed by atoms with E-state index in [1.54, 1.807) is 0 Å². The summed E-state index contributed by atoms with van der Waals surface area (Å²) in [6.45, 7) is 6.45. The molecule has 4 aliphatic rings. The van der Waals surface area contributed by atoms with Crippen LogP contribution < -0.4 is 0 Å². The lowest BCUT2D eigenvalue weighted by Crippen LogP contribution is -2.46. The van der Waals surface area contributed by atoms with E-state index in [0.717, 1.165) is 25.8 Å². The molecule has 3 atom stereocenters. The van der Waals surface area contributed by atoms with Crippen molar-refractivity contribution in [1.82, 2.24) is 4.90 Å². The number of rotatable bonds is 1. The largest absolute Gasteiger partial charge is 0.444 e. The predicted octanol–water partition coefficient (Wildman–Crippen LogP) is 2.55. The standard InChI is InChI=1S/C14H20N2O2/c1-13(2,3)18-12(17)16-7-9-6-10(16)11(9)14(8-15)4-5-14/h9-11H,4-7H2,1-3H3/t9-,10-,11?/m0/s1. The monoisotopic (exact) mass is 248 g/mol. The average Bonchev–Trinajstić information content (AvgIpc) is 2.74. The summed E-state index contributed by atoms with van der Waals surface area (Å²) in [7, 11) is 0. The third-order valence-corrected chi connectivity index (χ3v) is 4.58. The second kappa shape index (κ2) is 3.40. The molecule has 4 heteroatoms. The molecule has 0 radical (unpaired) electrons. The van der Waals surface area contributed by atoms with Crippen LogP contribution in [-0.4, -0.2) is 29.2 Å². The Kier molecular flexibility index (Phi) is 2.24. The summed E-state index contributed by atoms with van der Waals surface area (Å²) in [6.07, 6.45) is 2.89. The van der Waals surface area contributed by atoms with Crippen LogP contribution in [0.2, 0.25) is 0 Å². The van der Waals surface area contributed by atoms with Gasteiger partial charge in [0.1, 0.15) is 5.60 Å². The van der Waals surface area contributed by atoms with Crippen LogP contribution in [0.4, 0.5) is 4.79 Å². The molecule has 0 aromatic rings. The number of hydrogen-bond donors (Lipinski definition) is 0. The van der Waals surface area contributed by atoms with E-state index in [9.17, 15) is 10.1 Å². The summed E-state index contributed by atoms with van der Waals surface area (Å²) in [6, 6.07) is 2.74. The molecule has 1 amide bonds. The zero-order valence-corrected chi connectivity index (χ0v) is 11.3. The van der Waals surface area contributed by atoms with Crippen molar-refractivity contribution in [3.63, 3.8) is 0 Å². The third-order valence-electron chi connectivity index (χ3n) is 4.58. The first-order valence-electron chi connectivity index (χ1n) is 6.77. The Labute approximate surface area is 108 Å². The number of fused-ring (bicyclic) bond motifs is 1. The molecule has 4 rings (SSSR count). The highest BCUT2D eigenvalue weighted by atomic mass is 16.6. The van der Waals surface area contributed by atoms with Crippen molar-refractivity contribution in [3.8, 4) is 6.07 Å². The molecule has 2 saturated heterocycles. The molecular formula is C14H20N2O2. The number of hydrogen-bond acceptors (Lipinski definition) is 3. The van der Waals surface area contributed by atoms with E-state index >= 15 is 0 Å². The Balaban J connectivity index is 1.69. The van der Waals surface area contributed by atoms with Gasteiger partial charge in [-0.3, -0.25) is 0 Å². The molecule has 0 N–H and O–H groups in total. The van der Waals surface area contributed by atoms with E-state index in [0.29, 0.717) is 11.8 Å². The second-order valence-electron chi connectivity index (χ2n) is 6.99. The highest BCUT2D eigenvalue weighted by Crippen LogP contribution is 2.64. The fourth-order valence-electron chi connectivity index (χ4n) is 3.62. The minimum atomic E-state index is -0.438. The van der Waals surface area contributed by atoms with Crippen molar-refractivity contribution in [1.29, 1.82) is 5.26 Å². The van der Waals surface area contributed by atoms with Crippen molar-refractivity contribution in [2.45, 2.75) is 51.7 Å². The molecular weight excluding hydrogens is 228 g/mol. The maximum Gasteiger partial charge on any atom is 0.410 e. The maximum atomic E-state index is 12.1. The summed E-state index contributed by atoms with van der Waals surface area (Å²) >= 11 is 0. The molecule has 0 aromatic carbocycles. The van der Waals surface area contributed by atoms with Crippen molar-refractivity contribution in [3.05, 3.63) is 0 Å². The zero-order valence-electron chi connectivity index (χ0n) is 11.3. The number of carbonyl (C=O) groups is 1. The lowest BCUT2D eigenvalue weighted by Gasteiger charge is -2.39. The average molecular weight is 248 g/mol. The SMILES string of the molecule is CC(C)(C)OC(=O)N1C[C@@H]2C[C@H]1C2C1(C#N)CC1. The summed E-state index contributed by atoms with van der Waals surface area (Å²) in [4.78, 5) is 14.0. The maximum absolute atomic E-state index is 12.1. The molecule has 18 heavy (non-hydrogen) atoms. The van der Waals surface area contributed by atoms with Crippen LogP contribution in [-0.2, 0) is 4.74 Å². The van der Waals surface area contributed by atoms with Gasteiger partial charge in [-0.25, -0.2) is 4.79 Å². The zero-order chi connectivity index (χ0) is 13.1. The van der Waals surface area contributed by atoms with E-state index < -0.39 is 5.60 Å². The highest BCUT2D eigenvalue weighted by molar-refractivity contribution is 5.70.